The van der Waals surface area contributed by atoms with E-state index in [1.807, 2.05) is 12.1 Å². The predicted molar refractivity (Wildman–Crippen MR) is 82.9 cm³/mol. The van der Waals surface area contributed by atoms with Crippen molar-refractivity contribution < 1.29 is 0 Å². The first-order valence-electron chi connectivity index (χ1n) is 5.96. The first-order chi connectivity index (χ1) is 8.49. The van der Waals surface area contributed by atoms with Crippen molar-refractivity contribution in [2.45, 2.75) is 25.6 Å². The monoisotopic (exact) mass is 322 g/mol. The smallest absolute Gasteiger partial charge is 0.0649 e. The van der Waals surface area contributed by atoms with Gasteiger partial charge >= 0.3 is 0 Å². The minimum absolute atomic E-state index is 0.217. The zero-order valence-corrected chi connectivity index (χ0v) is 13.1. The van der Waals surface area contributed by atoms with Gasteiger partial charge in [0, 0.05) is 5.02 Å². The van der Waals surface area contributed by atoms with E-state index in [9.17, 15) is 0 Å². The van der Waals surface area contributed by atoms with Gasteiger partial charge in [0.1, 0.15) is 0 Å². The topological polar surface area (TPSA) is 0 Å². The van der Waals surface area contributed by atoms with E-state index in [1.165, 1.54) is 27.8 Å². The highest BCUT2D eigenvalue weighted by Gasteiger charge is 2.15. The Morgan fingerprint density at radius 3 is 2.28 bits per heavy atom. The molecule has 94 valence electrons. The van der Waals surface area contributed by atoms with Gasteiger partial charge < -0.3 is 0 Å². The van der Waals surface area contributed by atoms with E-state index in [0.717, 1.165) is 5.02 Å². The highest BCUT2D eigenvalue weighted by Crippen LogP contribution is 2.35. The van der Waals surface area contributed by atoms with Gasteiger partial charge in [0.25, 0.3) is 0 Å². The Morgan fingerprint density at radius 2 is 1.61 bits per heavy atom. The van der Waals surface area contributed by atoms with Gasteiger partial charge in [-0.2, -0.15) is 0 Å². The molecule has 0 fully saturated rings. The Kier molecular flexibility index (Phi) is 4.14. The zero-order valence-electron chi connectivity index (χ0n) is 10.8. The van der Waals surface area contributed by atoms with Crippen molar-refractivity contribution in [3.63, 3.8) is 0 Å². The van der Waals surface area contributed by atoms with Crippen LogP contribution in [-0.4, -0.2) is 0 Å². The van der Waals surface area contributed by atoms with E-state index in [2.05, 4.69) is 61.0 Å². The van der Waals surface area contributed by atoms with Crippen LogP contribution in [0.1, 0.15) is 32.6 Å². The number of benzene rings is 2. The Morgan fingerprint density at radius 1 is 0.889 bits per heavy atom. The van der Waals surface area contributed by atoms with Crippen LogP contribution in [-0.2, 0) is 0 Å². The largest absolute Gasteiger partial charge is 0.0843 e. The van der Waals surface area contributed by atoms with Gasteiger partial charge in [-0.15, -0.1) is 0 Å². The number of rotatable bonds is 2. The molecule has 1 unspecified atom stereocenters. The fourth-order valence-electron chi connectivity index (χ4n) is 2.12. The first kappa shape index (κ1) is 13.6. The third-order valence-electron chi connectivity index (χ3n) is 3.21. The number of halogens is 2. The quantitative estimate of drug-likeness (QED) is 0.617. The molecule has 0 aliphatic carbocycles. The maximum Gasteiger partial charge on any atom is 0.0649 e. The Hall–Kier alpha value is -0.790. The van der Waals surface area contributed by atoms with Crippen LogP contribution in [0.2, 0.25) is 5.02 Å². The van der Waals surface area contributed by atoms with Gasteiger partial charge in [-0.1, -0.05) is 57.4 Å². The summed E-state index contributed by atoms with van der Waals surface area (Å²) in [5.74, 6) is 0. The van der Waals surface area contributed by atoms with Crippen molar-refractivity contribution in [1.29, 1.82) is 0 Å². The molecule has 1 atom stereocenters. The van der Waals surface area contributed by atoms with Crippen LogP contribution in [0.4, 0.5) is 0 Å². The van der Waals surface area contributed by atoms with E-state index in [4.69, 9.17) is 11.6 Å². The average molecular weight is 324 g/mol. The minimum atomic E-state index is 0.217. The molecule has 0 saturated carbocycles. The summed E-state index contributed by atoms with van der Waals surface area (Å²) in [6.07, 6.45) is 0. The summed E-state index contributed by atoms with van der Waals surface area (Å²) >= 11 is 9.82. The molecular weight excluding hydrogens is 308 g/mol. The highest BCUT2D eigenvalue weighted by atomic mass is 79.9. The standard InChI is InChI=1S/C16H16BrCl/c1-10-4-5-11(2)15(8-10)16(17)14-7-6-13(18)9-12(14)3/h4-9,16H,1-3H3. The van der Waals surface area contributed by atoms with Gasteiger partial charge in [0.15, 0.2) is 0 Å². The Labute approximate surface area is 122 Å². The molecule has 0 aromatic heterocycles. The predicted octanol–water partition coefficient (Wildman–Crippen LogP) is 5.75. The second kappa shape index (κ2) is 5.46. The van der Waals surface area contributed by atoms with Crippen molar-refractivity contribution >= 4 is 27.5 Å². The van der Waals surface area contributed by atoms with Crippen LogP contribution >= 0.6 is 27.5 Å². The molecule has 0 N–H and O–H groups in total. The van der Waals surface area contributed by atoms with Gasteiger partial charge in [0.05, 0.1) is 4.83 Å². The summed E-state index contributed by atoms with van der Waals surface area (Å²) < 4.78 is 0. The molecule has 2 rings (SSSR count). The summed E-state index contributed by atoms with van der Waals surface area (Å²) in [5.41, 5.74) is 6.39. The van der Waals surface area contributed by atoms with Crippen LogP contribution in [0, 0.1) is 20.8 Å². The zero-order chi connectivity index (χ0) is 13.3. The van der Waals surface area contributed by atoms with Crippen LogP contribution in [0.3, 0.4) is 0 Å². The maximum absolute atomic E-state index is 6.01. The van der Waals surface area contributed by atoms with Gasteiger partial charge in [-0.25, -0.2) is 0 Å². The average Bonchev–Trinajstić information content (AvgIpc) is 2.31. The molecule has 0 nitrogen and oxygen atoms in total. The van der Waals surface area contributed by atoms with E-state index in [1.54, 1.807) is 0 Å². The molecule has 0 saturated heterocycles. The molecule has 0 aliphatic heterocycles. The molecule has 2 heteroatoms. The number of aryl methyl sites for hydroxylation is 3. The van der Waals surface area contributed by atoms with Crippen molar-refractivity contribution in [2.24, 2.45) is 0 Å². The van der Waals surface area contributed by atoms with Crippen molar-refractivity contribution in [1.82, 2.24) is 0 Å². The molecule has 0 amide bonds. The lowest BCUT2D eigenvalue weighted by atomic mass is 9.96. The number of hydrogen-bond donors (Lipinski definition) is 0. The van der Waals surface area contributed by atoms with Gasteiger partial charge in [-0.3, -0.25) is 0 Å². The van der Waals surface area contributed by atoms with Crippen LogP contribution in [0.15, 0.2) is 36.4 Å². The summed E-state index contributed by atoms with van der Waals surface area (Å²) in [5, 5.41) is 0.789. The number of hydrogen-bond acceptors (Lipinski definition) is 0. The second-order valence-corrected chi connectivity index (χ2v) is 6.08. The van der Waals surface area contributed by atoms with E-state index < -0.39 is 0 Å². The number of alkyl halides is 1. The minimum Gasteiger partial charge on any atom is -0.0843 e. The lowest BCUT2D eigenvalue weighted by molar-refractivity contribution is 1.11. The molecule has 0 radical (unpaired) electrons. The third kappa shape index (κ3) is 2.78. The summed E-state index contributed by atoms with van der Waals surface area (Å²) in [4.78, 5) is 0.217. The maximum atomic E-state index is 6.01. The lowest BCUT2D eigenvalue weighted by Crippen LogP contribution is -1.99. The fraction of sp³-hybridized carbons (Fsp3) is 0.250. The summed E-state index contributed by atoms with van der Waals surface area (Å²) in [7, 11) is 0. The highest BCUT2D eigenvalue weighted by molar-refractivity contribution is 9.09. The van der Waals surface area contributed by atoms with Crippen LogP contribution in [0.5, 0.6) is 0 Å². The van der Waals surface area contributed by atoms with Crippen molar-refractivity contribution in [3.05, 3.63) is 69.2 Å². The Balaban J connectivity index is 2.47. The SMILES string of the molecule is Cc1ccc(C)c(C(Br)c2ccc(Cl)cc2C)c1. The van der Waals surface area contributed by atoms with E-state index in [0.29, 0.717) is 0 Å². The second-order valence-electron chi connectivity index (χ2n) is 4.72. The first-order valence-corrected chi connectivity index (χ1v) is 7.25. The van der Waals surface area contributed by atoms with Crippen LogP contribution < -0.4 is 0 Å². The molecule has 2 aromatic carbocycles. The summed E-state index contributed by atoms with van der Waals surface area (Å²) in [6, 6.07) is 12.6. The molecular formula is C16H16BrCl. The fourth-order valence-corrected chi connectivity index (χ4v) is 3.36. The molecule has 0 bridgehead atoms. The normalized spacial score (nSPS) is 12.5. The van der Waals surface area contributed by atoms with Crippen molar-refractivity contribution in [2.75, 3.05) is 0 Å². The molecule has 0 aliphatic rings. The molecule has 0 spiro atoms. The van der Waals surface area contributed by atoms with Crippen molar-refractivity contribution in [3.8, 4) is 0 Å². The van der Waals surface area contributed by atoms with Gasteiger partial charge in [-0.05, 0) is 55.2 Å². The summed E-state index contributed by atoms with van der Waals surface area (Å²) in [6.45, 7) is 6.37. The van der Waals surface area contributed by atoms with Crippen LogP contribution in [0.25, 0.3) is 0 Å². The van der Waals surface area contributed by atoms with E-state index in [-0.39, 0.29) is 4.83 Å². The molecule has 18 heavy (non-hydrogen) atoms. The van der Waals surface area contributed by atoms with E-state index >= 15 is 0 Å². The Bertz CT molecular complexity index is 575. The third-order valence-corrected chi connectivity index (χ3v) is 4.43. The lowest BCUT2D eigenvalue weighted by Gasteiger charge is -2.17. The van der Waals surface area contributed by atoms with Gasteiger partial charge in [0.2, 0.25) is 0 Å². The molecule has 0 heterocycles. The molecule has 2 aromatic rings.